The van der Waals surface area contributed by atoms with Crippen LogP contribution in [-0.4, -0.2) is 47.5 Å². The van der Waals surface area contributed by atoms with Crippen LogP contribution >= 0.6 is 0 Å². The van der Waals surface area contributed by atoms with E-state index in [1.54, 1.807) is 6.92 Å². The van der Waals surface area contributed by atoms with Crippen molar-refractivity contribution in [2.75, 3.05) is 13.2 Å². The summed E-state index contributed by atoms with van der Waals surface area (Å²) in [5.74, 6) is -1.26. The quantitative estimate of drug-likeness (QED) is 0.532. The molecule has 7 heteroatoms. The highest BCUT2D eigenvalue weighted by atomic mass is 19.3. The first kappa shape index (κ1) is 16.2. The molecule has 0 rings (SSSR count). The van der Waals surface area contributed by atoms with Crippen LogP contribution < -0.4 is 5.73 Å². The van der Waals surface area contributed by atoms with Crippen molar-refractivity contribution < 1.29 is 28.5 Å². The Morgan fingerprint density at radius 2 is 2.12 bits per heavy atom. The molecular weight excluding hydrogens is 236 g/mol. The summed E-state index contributed by atoms with van der Waals surface area (Å²) >= 11 is 0. The molecular formula is C10H19F2NO4. The van der Waals surface area contributed by atoms with E-state index in [1.807, 2.05) is 0 Å². The molecule has 2 unspecified atom stereocenters. The number of carbonyl (C=O) groups excluding carboxylic acids is 1. The number of esters is 1. The van der Waals surface area contributed by atoms with Crippen molar-refractivity contribution in [3.05, 3.63) is 0 Å². The Hall–Kier alpha value is -0.790. The number of nitrogens with two attached hydrogens (primary N) is 1. The van der Waals surface area contributed by atoms with E-state index in [1.165, 1.54) is 0 Å². The maximum Gasteiger partial charge on any atom is 0.332 e. The second kappa shape index (κ2) is 7.52. The molecule has 0 aromatic heterocycles. The highest BCUT2D eigenvalue weighted by molar-refractivity contribution is 5.81. The third-order valence-electron chi connectivity index (χ3n) is 2.33. The average Bonchev–Trinajstić information content (AvgIpc) is 2.31. The molecule has 0 saturated heterocycles. The van der Waals surface area contributed by atoms with Crippen LogP contribution in [0.1, 0.15) is 26.2 Å². The van der Waals surface area contributed by atoms with Gasteiger partial charge in [-0.3, -0.25) is 0 Å². The molecule has 0 bridgehead atoms. The van der Waals surface area contributed by atoms with E-state index < -0.39 is 37.3 Å². The number of alkyl halides is 2. The standard InChI is InChI=1S/C10H19F2NO4/c1-2-3-4-10(13,8(11)12)9(16)17-6-7(15)5-14/h7-8,14-15H,2-6,13H2,1H3. The first-order valence-electron chi connectivity index (χ1n) is 5.41. The van der Waals surface area contributed by atoms with Gasteiger partial charge in [-0.05, 0) is 6.42 Å². The van der Waals surface area contributed by atoms with E-state index in [0.717, 1.165) is 0 Å². The molecule has 0 heterocycles. The van der Waals surface area contributed by atoms with Gasteiger partial charge in [-0.25, -0.2) is 13.6 Å². The SMILES string of the molecule is CCCCC(N)(C(=O)OCC(O)CO)C(F)F. The predicted octanol–water partition coefficient (Wildman–Crippen LogP) is 0.0356. The third-order valence-corrected chi connectivity index (χ3v) is 2.33. The summed E-state index contributed by atoms with van der Waals surface area (Å²) in [5, 5.41) is 17.4. The molecule has 17 heavy (non-hydrogen) atoms. The number of aliphatic hydroxyl groups is 2. The van der Waals surface area contributed by atoms with E-state index in [9.17, 15) is 13.6 Å². The second-order valence-corrected chi connectivity index (χ2v) is 3.88. The zero-order valence-electron chi connectivity index (χ0n) is 9.73. The minimum Gasteiger partial charge on any atom is -0.461 e. The third kappa shape index (κ3) is 4.93. The Kier molecular flexibility index (Phi) is 7.17. The molecule has 0 radical (unpaired) electrons. The smallest absolute Gasteiger partial charge is 0.332 e. The predicted molar refractivity (Wildman–Crippen MR) is 56.5 cm³/mol. The monoisotopic (exact) mass is 255 g/mol. The molecule has 5 nitrogen and oxygen atoms in total. The van der Waals surface area contributed by atoms with Crippen LogP contribution in [-0.2, 0) is 9.53 Å². The van der Waals surface area contributed by atoms with Gasteiger partial charge in [-0.1, -0.05) is 19.8 Å². The Balaban J connectivity index is 4.43. The first-order valence-corrected chi connectivity index (χ1v) is 5.41. The summed E-state index contributed by atoms with van der Waals surface area (Å²) in [6.07, 6.45) is -3.51. The van der Waals surface area contributed by atoms with Crippen LogP contribution in [0.2, 0.25) is 0 Å². The van der Waals surface area contributed by atoms with Crippen LogP contribution in [0, 0.1) is 0 Å². The number of unbranched alkanes of at least 4 members (excludes halogenated alkanes) is 1. The van der Waals surface area contributed by atoms with E-state index in [4.69, 9.17) is 15.9 Å². The van der Waals surface area contributed by atoms with Crippen molar-refractivity contribution in [1.29, 1.82) is 0 Å². The maximum atomic E-state index is 12.7. The van der Waals surface area contributed by atoms with Crippen molar-refractivity contribution in [3.63, 3.8) is 0 Å². The summed E-state index contributed by atoms with van der Waals surface area (Å²) in [6.45, 7) is 0.619. The second-order valence-electron chi connectivity index (χ2n) is 3.88. The normalized spacial score (nSPS) is 16.6. The molecule has 0 aliphatic heterocycles. The van der Waals surface area contributed by atoms with Crippen molar-refractivity contribution in [2.24, 2.45) is 5.73 Å². The van der Waals surface area contributed by atoms with Crippen LogP contribution in [0.3, 0.4) is 0 Å². The van der Waals surface area contributed by atoms with Crippen LogP contribution in [0.25, 0.3) is 0 Å². The van der Waals surface area contributed by atoms with Gasteiger partial charge in [0.05, 0.1) is 6.61 Å². The number of rotatable bonds is 8. The van der Waals surface area contributed by atoms with Crippen LogP contribution in [0.5, 0.6) is 0 Å². The van der Waals surface area contributed by atoms with Crippen molar-refractivity contribution >= 4 is 5.97 Å². The Morgan fingerprint density at radius 3 is 2.53 bits per heavy atom. The van der Waals surface area contributed by atoms with E-state index in [-0.39, 0.29) is 6.42 Å². The zero-order valence-corrected chi connectivity index (χ0v) is 9.73. The average molecular weight is 255 g/mol. The fourth-order valence-electron chi connectivity index (χ4n) is 1.13. The molecule has 0 saturated carbocycles. The van der Waals surface area contributed by atoms with Gasteiger partial charge in [-0.15, -0.1) is 0 Å². The lowest BCUT2D eigenvalue weighted by atomic mass is 9.94. The molecule has 0 aromatic carbocycles. The summed E-state index contributed by atoms with van der Waals surface area (Å²) < 4.78 is 29.9. The van der Waals surface area contributed by atoms with Crippen molar-refractivity contribution in [3.8, 4) is 0 Å². The van der Waals surface area contributed by atoms with Gasteiger partial charge in [0.1, 0.15) is 12.7 Å². The van der Waals surface area contributed by atoms with Gasteiger partial charge < -0.3 is 20.7 Å². The largest absolute Gasteiger partial charge is 0.461 e. The number of ether oxygens (including phenoxy) is 1. The first-order chi connectivity index (χ1) is 7.88. The molecule has 0 spiro atoms. The Morgan fingerprint density at radius 1 is 1.53 bits per heavy atom. The molecule has 0 fully saturated rings. The van der Waals surface area contributed by atoms with E-state index >= 15 is 0 Å². The fourth-order valence-corrected chi connectivity index (χ4v) is 1.13. The van der Waals surface area contributed by atoms with Gasteiger partial charge in [-0.2, -0.15) is 0 Å². The molecule has 0 aliphatic carbocycles. The maximum absolute atomic E-state index is 12.7. The van der Waals surface area contributed by atoms with Crippen molar-refractivity contribution in [1.82, 2.24) is 0 Å². The zero-order chi connectivity index (χ0) is 13.5. The molecule has 0 amide bonds. The Labute approximate surface area is 98.6 Å². The van der Waals surface area contributed by atoms with Gasteiger partial charge >= 0.3 is 5.97 Å². The summed E-state index contributed by atoms with van der Waals surface area (Å²) in [4.78, 5) is 11.4. The fraction of sp³-hybridized carbons (Fsp3) is 0.900. The van der Waals surface area contributed by atoms with E-state index in [2.05, 4.69) is 4.74 Å². The number of hydrogen-bond donors (Lipinski definition) is 3. The van der Waals surface area contributed by atoms with Gasteiger partial charge in [0, 0.05) is 0 Å². The number of aliphatic hydroxyl groups excluding tert-OH is 2. The molecule has 2 atom stereocenters. The van der Waals surface area contributed by atoms with Gasteiger partial charge in [0.2, 0.25) is 0 Å². The molecule has 0 aromatic rings. The van der Waals surface area contributed by atoms with Gasteiger partial charge in [0.25, 0.3) is 6.43 Å². The molecule has 102 valence electrons. The topological polar surface area (TPSA) is 92.8 Å². The van der Waals surface area contributed by atoms with E-state index in [0.29, 0.717) is 12.8 Å². The summed E-state index contributed by atoms with van der Waals surface area (Å²) in [7, 11) is 0. The number of hydrogen-bond acceptors (Lipinski definition) is 5. The highest BCUT2D eigenvalue weighted by Gasteiger charge is 2.44. The minimum atomic E-state index is -3.03. The highest BCUT2D eigenvalue weighted by Crippen LogP contribution is 2.21. The number of carbonyl (C=O) groups is 1. The van der Waals surface area contributed by atoms with Crippen LogP contribution in [0.4, 0.5) is 8.78 Å². The summed E-state index contributed by atoms with van der Waals surface area (Å²) in [6, 6.07) is 0. The lowest BCUT2D eigenvalue weighted by Crippen LogP contribution is -2.55. The molecule has 0 aliphatic rings. The Bertz CT molecular complexity index is 240. The molecule has 4 N–H and O–H groups in total. The lowest BCUT2D eigenvalue weighted by molar-refractivity contribution is -0.160. The van der Waals surface area contributed by atoms with Crippen LogP contribution in [0.15, 0.2) is 0 Å². The number of halogens is 2. The minimum absolute atomic E-state index is 0.185. The van der Waals surface area contributed by atoms with Gasteiger partial charge in [0.15, 0.2) is 5.54 Å². The summed E-state index contributed by atoms with van der Waals surface area (Å²) in [5.41, 5.74) is 2.99. The lowest BCUT2D eigenvalue weighted by Gasteiger charge is -2.26. The van der Waals surface area contributed by atoms with Crippen molar-refractivity contribution in [2.45, 2.75) is 44.3 Å².